The zero-order valence-corrected chi connectivity index (χ0v) is 10.9. The minimum Gasteiger partial charge on any atom is -0.435 e. The molecule has 0 bridgehead atoms. The first kappa shape index (κ1) is 14.2. The zero-order chi connectivity index (χ0) is 13.9. The quantitative estimate of drug-likeness (QED) is 0.836. The average Bonchev–Trinajstić information content (AvgIpc) is 2.33. The van der Waals surface area contributed by atoms with Crippen LogP contribution in [0.1, 0.15) is 37.8 Å². The van der Waals surface area contributed by atoms with Gasteiger partial charge in [0, 0.05) is 12.6 Å². The highest BCUT2D eigenvalue weighted by Gasteiger charge is 2.34. The Labute approximate surface area is 111 Å². The minimum absolute atomic E-state index is 0.0224. The van der Waals surface area contributed by atoms with E-state index in [4.69, 9.17) is 0 Å². The number of aliphatic hydroxyl groups is 1. The summed E-state index contributed by atoms with van der Waals surface area (Å²) in [6, 6.07) is 6.60. The average molecular weight is 271 g/mol. The van der Waals surface area contributed by atoms with Gasteiger partial charge in [-0.25, -0.2) is 0 Å². The molecule has 0 spiro atoms. The van der Waals surface area contributed by atoms with Crippen LogP contribution in [0.15, 0.2) is 24.3 Å². The van der Waals surface area contributed by atoms with E-state index in [1.54, 1.807) is 12.1 Å². The van der Waals surface area contributed by atoms with Gasteiger partial charge in [-0.1, -0.05) is 12.1 Å². The Morgan fingerprint density at radius 3 is 2.74 bits per heavy atom. The Balaban J connectivity index is 1.92. The second-order valence-corrected chi connectivity index (χ2v) is 5.13. The van der Waals surface area contributed by atoms with Crippen LogP contribution in [0.4, 0.5) is 8.78 Å². The molecule has 3 nitrogen and oxygen atoms in total. The molecule has 106 valence electrons. The maximum absolute atomic E-state index is 12.1. The Morgan fingerprint density at radius 2 is 2.16 bits per heavy atom. The summed E-state index contributed by atoms with van der Waals surface area (Å²) in [5.74, 6) is 0.156. The van der Waals surface area contributed by atoms with Crippen LogP contribution in [0.3, 0.4) is 0 Å². The van der Waals surface area contributed by atoms with E-state index >= 15 is 0 Å². The number of halogens is 2. The second-order valence-electron chi connectivity index (χ2n) is 5.13. The molecule has 0 aromatic heterocycles. The van der Waals surface area contributed by atoms with Crippen LogP contribution in [-0.2, 0) is 0 Å². The van der Waals surface area contributed by atoms with Gasteiger partial charge < -0.3 is 15.2 Å². The molecular formula is C14H19F2NO2. The molecule has 1 saturated carbocycles. The molecule has 1 aromatic carbocycles. The highest BCUT2D eigenvalue weighted by molar-refractivity contribution is 5.30. The lowest BCUT2D eigenvalue weighted by molar-refractivity contribution is -0.0499. The fourth-order valence-corrected chi connectivity index (χ4v) is 2.18. The van der Waals surface area contributed by atoms with Crippen molar-refractivity contribution in [2.75, 3.05) is 6.54 Å². The third-order valence-electron chi connectivity index (χ3n) is 3.60. The number of rotatable bonds is 6. The molecule has 0 heterocycles. The third-order valence-corrected chi connectivity index (χ3v) is 3.60. The van der Waals surface area contributed by atoms with E-state index in [2.05, 4.69) is 10.1 Å². The molecule has 0 saturated heterocycles. The van der Waals surface area contributed by atoms with Gasteiger partial charge in [0.2, 0.25) is 0 Å². The smallest absolute Gasteiger partial charge is 0.387 e. The van der Waals surface area contributed by atoms with E-state index in [9.17, 15) is 13.9 Å². The Hall–Kier alpha value is -1.20. The Bertz CT molecular complexity index is 422. The van der Waals surface area contributed by atoms with Crippen LogP contribution in [-0.4, -0.2) is 23.9 Å². The van der Waals surface area contributed by atoms with Gasteiger partial charge in [-0.05, 0) is 43.9 Å². The standard InChI is InChI=1S/C14H19F2NO2/c1-10(17-9-14(18)6-3-7-14)11-4-2-5-12(8-11)19-13(15)16/h2,4-5,8,10,13,17-18H,3,6-7,9H2,1H3. The van der Waals surface area contributed by atoms with Crippen molar-refractivity contribution < 1.29 is 18.6 Å². The molecule has 1 atom stereocenters. The Morgan fingerprint density at radius 1 is 1.42 bits per heavy atom. The number of ether oxygens (including phenoxy) is 1. The molecular weight excluding hydrogens is 252 g/mol. The van der Waals surface area contributed by atoms with Crippen molar-refractivity contribution in [3.05, 3.63) is 29.8 Å². The maximum atomic E-state index is 12.1. The molecule has 0 radical (unpaired) electrons. The monoisotopic (exact) mass is 271 g/mol. The summed E-state index contributed by atoms with van der Waals surface area (Å²) in [6.07, 6.45) is 2.70. The summed E-state index contributed by atoms with van der Waals surface area (Å²) in [5, 5.41) is 13.2. The highest BCUT2D eigenvalue weighted by Crippen LogP contribution is 2.31. The van der Waals surface area contributed by atoms with Crippen LogP contribution in [0.5, 0.6) is 5.75 Å². The number of alkyl halides is 2. The second kappa shape index (κ2) is 5.84. The summed E-state index contributed by atoms with van der Waals surface area (Å²) < 4.78 is 28.7. The summed E-state index contributed by atoms with van der Waals surface area (Å²) in [4.78, 5) is 0. The molecule has 1 unspecified atom stereocenters. The van der Waals surface area contributed by atoms with Crippen molar-refractivity contribution in [2.45, 2.75) is 44.4 Å². The molecule has 1 aliphatic rings. The first-order chi connectivity index (χ1) is 8.98. The molecule has 2 N–H and O–H groups in total. The van der Waals surface area contributed by atoms with Crippen molar-refractivity contribution in [1.29, 1.82) is 0 Å². The molecule has 0 amide bonds. The van der Waals surface area contributed by atoms with Crippen molar-refractivity contribution in [3.63, 3.8) is 0 Å². The number of hydrogen-bond acceptors (Lipinski definition) is 3. The first-order valence-corrected chi connectivity index (χ1v) is 6.49. The lowest BCUT2D eigenvalue weighted by Gasteiger charge is -2.37. The van der Waals surface area contributed by atoms with Gasteiger partial charge in [0.05, 0.1) is 5.60 Å². The van der Waals surface area contributed by atoms with Crippen LogP contribution in [0, 0.1) is 0 Å². The molecule has 5 heteroatoms. The van der Waals surface area contributed by atoms with E-state index in [1.165, 1.54) is 6.07 Å². The molecule has 0 aliphatic heterocycles. The van der Waals surface area contributed by atoms with Gasteiger partial charge >= 0.3 is 6.61 Å². The van der Waals surface area contributed by atoms with Crippen LogP contribution < -0.4 is 10.1 Å². The van der Waals surface area contributed by atoms with Crippen molar-refractivity contribution in [3.8, 4) is 5.75 Å². The summed E-state index contributed by atoms with van der Waals surface area (Å²) in [6.45, 7) is -0.355. The van der Waals surface area contributed by atoms with E-state index in [0.29, 0.717) is 6.54 Å². The highest BCUT2D eigenvalue weighted by atomic mass is 19.3. The number of hydrogen-bond donors (Lipinski definition) is 2. The van der Waals surface area contributed by atoms with E-state index < -0.39 is 12.2 Å². The topological polar surface area (TPSA) is 41.5 Å². The van der Waals surface area contributed by atoms with Crippen molar-refractivity contribution in [2.24, 2.45) is 0 Å². The molecule has 1 aromatic rings. The lowest BCUT2D eigenvalue weighted by atomic mass is 9.80. The van der Waals surface area contributed by atoms with Crippen LogP contribution in [0.25, 0.3) is 0 Å². The summed E-state index contributed by atoms with van der Waals surface area (Å²) >= 11 is 0. The van der Waals surface area contributed by atoms with Crippen molar-refractivity contribution in [1.82, 2.24) is 5.32 Å². The lowest BCUT2D eigenvalue weighted by Crippen LogP contribution is -2.46. The van der Waals surface area contributed by atoms with Gasteiger partial charge in [-0.2, -0.15) is 8.78 Å². The molecule has 19 heavy (non-hydrogen) atoms. The maximum Gasteiger partial charge on any atom is 0.387 e. The first-order valence-electron chi connectivity index (χ1n) is 6.49. The minimum atomic E-state index is -2.81. The predicted molar refractivity (Wildman–Crippen MR) is 68.3 cm³/mol. The van der Waals surface area contributed by atoms with Crippen molar-refractivity contribution >= 4 is 0 Å². The number of benzene rings is 1. The number of nitrogens with one attached hydrogen (secondary N) is 1. The zero-order valence-electron chi connectivity index (χ0n) is 10.9. The van der Waals surface area contributed by atoms with Gasteiger partial charge in [0.15, 0.2) is 0 Å². The van der Waals surface area contributed by atoms with E-state index in [1.807, 2.05) is 13.0 Å². The van der Waals surface area contributed by atoms with Gasteiger partial charge in [-0.15, -0.1) is 0 Å². The van der Waals surface area contributed by atoms with Gasteiger partial charge in [0.25, 0.3) is 0 Å². The fraction of sp³-hybridized carbons (Fsp3) is 0.571. The van der Waals surface area contributed by atoms with E-state index in [0.717, 1.165) is 24.8 Å². The Kier molecular flexibility index (Phi) is 4.37. The van der Waals surface area contributed by atoms with Crippen LogP contribution >= 0.6 is 0 Å². The molecule has 1 aliphatic carbocycles. The summed E-state index contributed by atoms with van der Waals surface area (Å²) in [7, 11) is 0. The fourth-order valence-electron chi connectivity index (χ4n) is 2.18. The third kappa shape index (κ3) is 3.88. The molecule has 2 rings (SSSR count). The largest absolute Gasteiger partial charge is 0.435 e. The summed E-state index contributed by atoms with van der Waals surface area (Å²) in [5.41, 5.74) is 0.270. The normalized spacial score (nSPS) is 19.0. The molecule has 1 fully saturated rings. The van der Waals surface area contributed by atoms with E-state index in [-0.39, 0.29) is 11.8 Å². The predicted octanol–water partition coefficient (Wildman–Crippen LogP) is 2.85. The van der Waals surface area contributed by atoms with Crippen LogP contribution in [0.2, 0.25) is 0 Å². The van der Waals surface area contributed by atoms with Gasteiger partial charge in [-0.3, -0.25) is 0 Å². The van der Waals surface area contributed by atoms with Gasteiger partial charge in [0.1, 0.15) is 5.75 Å². The SMILES string of the molecule is CC(NCC1(O)CCC1)c1cccc(OC(F)F)c1.